The van der Waals surface area contributed by atoms with Gasteiger partial charge in [0.05, 0.1) is 33.8 Å². The third-order valence-corrected chi connectivity index (χ3v) is 14.9. The van der Waals surface area contributed by atoms with Crippen LogP contribution in [0.1, 0.15) is 284 Å². The highest BCUT2D eigenvalue weighted by Gasteiger charge is 2.30. The van der Waals surface area contributed by atoms with E-state index >= 15 is 0 Å². The molecule has 0 saturated carbocycles. The summed E-state index contributed by atoms with van der Waals surface area (Å²) in [4.78, 5) is 37.7. The van der Waals surface area contributed by atoms with Crippen LogP contribution in [-0.2, 0) is 27.9 Å². The molecule has 0 saturated heterocycles. The number of esters is 1. The summed E-state index contributed by atoms with van der Waals surface area (Å²) in [5, 5.41) is 3.05. The van der Waals surface area contributed by atoms with Crippen LogP contribution >= 0.6 is 7.82 Å². The van der Waals surface area contributed by atoms with Crippen molar-refractivity contribution in [3.8, 4) is 0 Å². The molecule has 9 nitrogen and oxygen atoms in total. The van der Waals surface area contributed by atoms with Crippen molar-refractivity contribution >= 4 is 19.7 Å². The monoisotopic (exact) mass is 1090 g/mol. The van der Waals surface area contributed by atoms with Gasteiger partial charge >= 0.3 is 13.8 Å². The molecule has 0 heterocycles. The van der Waals surface area contributed by atoms with Crippen LogP contribution in [0.2, 0.25) is 0 Å². The van der Waals surface area contributed by atoms with Gasteiger partial charge in [-0.2, -0.15) is 0 Å². The minimum atomic E-state index is -4.45. The van der Waals surface area contributed by atoms with Crippen LogP contribution in [0.3, 0.4) is 0 Å². The smallest absolute Gasteiger partial charge is 0.456 e. The molecule has 0 fully saturated rings. The summed E-state index contributed by atoms with van der Waals surface area (Å²) >= 11 is 0. The van der Waals surface area contributed by atoms with E-state index in [0.29, 0.717) is 17.4 Å². The fourth-order valence-electron chi connectivity index (χ4n) is 9.03. The van der Waals surface area contributed by atoms with Gasteiger partial charge in [0.25, 0.3) is 0 Å². The van der Waals surface area contributed by atoms with Gasteiger partial charge < -0.3 is 19.4 Å². The molecule has 0 aliphatic rings. The first kappa shape index (κ1) is 73.5. The molecule has 0 spiro atoms. The molecule has 0 rings (SSSR count). The maximum Gasteiger partial charge on any atom is 0.472 e. The maximum absolute atomic E-state index is 13.5. The number of nitrogens with zero attached hydrogens (tertiary/aromatic N) is 1. The van der Waals surface area contributed by atoms with Crippen molar-refractivity contribution in [2.45, 2.75) is 296 Å². The average molecular weight is 1090 g/mol. The highest BCUT2D eigenvalue weighted by atomic mass is 31.2. The molecule has 0 radical (unpaired) electrons. The Bertz CT molecular complexity index is 1530. The average Bonchev–Trinajstić information content (AvgIpc) is 3.38. The van der Waals surface area contributed by atoms with Gasteiger partial charge in [-0.15, -0.1) is 0 Å². The van der Waals surface area contributed by atoms with E-state index in [1.807, 2.05) is 33.3 Å². The third-order valence-electron chi connectivity index (χ3n) is 13.9. The molecule has 0 aliphatic heterocycles. The summed E-state index contributed by atoms with van der Waals surface area (Å²) in [5.74, 6) is -0.507. The number of allylic oxidation sites excluding steroid dienone is 11. The fraction of sp³-hybridized carbons (Fsp3) is 0.788. The second kappa shape index (κ2) is 55.8. The molecule has 0 aromatic heterocycles. The van der Waals surface area contributed by atoms with Crippen LogP contribution in [0.5, 0.6) is 0 Å². The summed E-state index contributed by atoms with van der Waals surface area (Å²) in [6.07, 6.45) is 71.8. The Kier molecular flexibility index (Phi) is 53.9. The molecule has 0 aromatic carbocycles. The first-order chi connectivity index (χ1) is 36.9. The molecule has 3 unspecified atom stereocenters. The Hall–Kier alpha value is -2.55. The van der Waals surface area contributed by atoms with Gasteiger partial charge in [0, 0.05) is 12.8 Å². The lowest BCUT2D eigenvalue weighted by Crippen LogP contribution is -2.47. The quantitative estimate of drug-likeness (QED) is 0.0205. The van der Waals surface area contributed by atoms with Crippen molar-refractivity contribution in [2.75, 3.05) is 40.9 Å². The number of rotatable bonds is 57. The van der Waals surface area contributed by atoms with Crippen LogP contribution < -0.4 is 5.32 Å². The van der Waals surface area contributed by atoms with E-state index in [0.717, 1.165) is 103 Å². The van der Waals surface area contributed by atoms with Gasteiger partial charge in [0.15, 0.2) is 0 Å². The van der Waals surface area contributed by atoms with Gasteiger partial charge in [-0.25, -0.2) is 4.57 Å². The molecule has 10 heteroatoms. The number of hydrogen-bond acceptors (Lipinski definition) is 6. The second-order valence-corrected chi connectivity index (χ2v) is 24.0. The van der Waals surface area contributed by atoms with Crippen molar-refractivity contribution in [3.05, 3.63) is 72.9 Å². The number of phosphoric ester groups is 1. The van der Waals surface area contributed by atoms with Crippen molar-refractivity contribution in [3.63, 3.8) is 0 Å². The zero-order valence-corrected chi connectivity index (χ0v) is 51.4. The van der Waals surface area contributed by atoms with Crippen molar-refractivity contribution in [2.24, 2.45) is 0 Å². The molecule has 2 N–H and O–H groups in total. The largest absolute Gasteiger partial charge is 0.472 e. The lowest BCUT2D eigenvalue weighted by molar-refractivity contribution is -0.870. The topological polar surface area (TPSA) is 111 Å². The summed E-state index contributed by atoms with van der Waals surface area (Å²) in [6.45, 7) is 6.90. The number of amides is 1. The lowest BCUT2D eigenvalue weighted by Gasteiger charge is -2.27. The zero-order chi connectivity index (χ0) is 55.7. The van der Waals surface area contributed by atoms with Gasteiger partial charge in [0.2, 0.25) is 5.91 Å². The number of quaternary nitrogens is 1. The Labute approximate surface area is 470 Å². The van der Waals surface area contributed by atoms with E-state index in [-0.39, 0.29) is 31.5 Å². The predicted molar refractivity (Wildman–Crippen MR) is 328 cm³/mol. The van der Waals surface area contributed by atoms with Crippen molar-refractivity contribution in [1.82, 2.24) is 5.32 Å². The Morgan fingerprint density at radius 1 is 0.474 bits per heavy atom. The number of carbonyl (C=O) groups is 2. The number of phosphoric acid groups is 1. The molecule has 442 valence electrons. The summed E-state index contributed by atoms with van der Waals surface area (Å²) in [5.41, 5.74) is 0. The maximum atomic E-state index is 13.5. The number of ether oxygens (including phenoxy) is 1. The van der Waals surface area contributed by atoms with Crippen molar-refractivity contribution in [1.29, 1.82) is 0 Å². The van der Waals surface area contributed by atoms with Crippen molar-refractivity contribution < 1.29 is 37.3 Å². The van der Waals surface area contributed by atoms with Gasteiger partial charge in [-0.05, 0) is 76.7 Å². The van der Waals surface area contributed by atoms with Crippen LogP contribution in [0, 0.1) is 0 Å². The summed E-state index contributed by atoms with van der Waals surface area (Å²) in [6, 6.07) is -0.850. The van der Waals surface area contributed by atoms with Crippen LogP contribution in [0.25, 0.3) is 0 Å². The Balaban J connectivity index is 5.11. The SMILES string of the molecule is CC/C=C\C/C=C\C/C=C\C/C=C\C/C=C\CCCCCCCCCCCC(=O)OC(/C=C\CCCCCCCCCCC)C(COP(=O)(O)OCC[N+](C)(C)C)NC(=O)CCCCCCCCCCCCCCCC. The van der Waals surface area contributed by atoms with Crippen LogP contribution in [0.4, 0.5) is 0 Å². The minimum Gasteiger partial charge on any atom is -0.456 e. The molecule has 0 aromatic rings. The lowest BCUT2D eigenvalue weighted by atomic mass is 10.0. The van der Waals surface area contributed by atoms with E-state index < -0.39 is 20.0 Å². The molecule has 76 heavy (non-hydrogen) atoms. The summed E-state index contributed by atoms with van der Waals surface area (Å²) < 4.78 is 30.7. The Morgan fingerprint density at radius 3 is 1.26 bits per heavy atom. The van der Waals surface area contributed by atoms with Crippen LogP contribution in [-0.4, -0.2) is 74.3 Å². The van der Waals surface area contributed by atoms with Crippen LogP contribution in [0.15, 0.2) is 72.9 Å². The molecule has 1 amide bonds. The highest BCUT2D eigenvalue weighted by molar-refractivity contribution is 7.47. The van der Waals surface area contributed by atoms with E-state index in [1.54, 1.807) is 0 Å². The first-order valence-corrected chi connectivity index (χ1v) is 33.3. The normalized spacial score (nSPS) is 14.1. The fourth-order valence-corrected chi connectivity index (χ4v) is 9.76. The minimum absolute atomic E-state index is 0.0386. The molecule has 0 bridgehead atoms. The van der Waals surface area contributed by atoms with E-state index in [1.165, 1.54) is 148 Å². The molecular weight excluding hydrogens is 964 g/mol. The van der Waals surface area contributed by atoms with Gasteiger partial charge in [0.1, 0.15) is 19.3 Å². The Morgan fingerprint density at radius 2 is 0.842 bits per heavy atom. The second-order valence-electron chi connectivity index (χ2n) is 22.6. The standard InChI is InChI=1S/C66H121N2O7P/c1-7-10-13-16-19-22-25-27-29-30-31-32-33-34-35-36-37-38-39-41-44-47-50-53-56-59-66(70)75-64(57-54-51-48-45-42-24-21-18-15-12-9-3)63(62-74-76(71,72)73-61-60-68(4,5)6)67-65(69)58-55-52-49-46-43-40-28-26-23-20-17-14-11-8-2/h10,13,19,22,27,29,31-32,34-35,54,57,63-64H,7-9,11-12,14-18,20-21,23-26,28,30,33,36-53,55-56,58-62H2,1-6H3,(H-,67,69,71,72)/p+1/b13-10-,22-19-,29-27-,32-31-,35-34-,57-54-. The number of carbonyl (C=O) groups excluding carboxylic acids is 2. The number of likely N-dealkylation sites (N-methyl/N-ethyl adjacent to an activating group) is 1. The van der Waals surface area contributed by atoms with E-state index in [9.17, 15) is 19.0 Å². The number of unbranched alkanes of at least 4 members (excludes halogenated alkanes) is 31. The molecule has 0 aliphatic carbocycles. The third kappa shape index (κ3) is 56.2. The van der Waals surface area contributed by atoms with E-state index in [2.05, 4.69) is 86.8 Å². The number of nitrogens with one attached hydrogen (secondary N) is 1. The predicted octanol–water partition coefficient (Wildman–Crippen LogP) is 19.6. The molecular formula is C66H122N2O7P+. The first-order valence-electron chi connectivity index (χ1n) is 31.8. The molecule has 3 atom stereocenters. The highest BCUT2D eigenvalue weighted by Crippen LogP contribution is 2.43. The summed E-state index contributed by atoms with van der Waals surface area (Å²) in [7, 11) is 1.49. The zero-order valence-electron chi connectivity index (χ0n) is 50.5. The number of hydrogen-bond donors (Lipinski definition) is 2. The van der Waals surface area contributed by atoms with Gasteiger partial charge in [-0.1, -0.05) is 267 Å². The van der Waals surface area contributed by atoms with Gasteiger partial charge in [-0.3, -0.25) is 18.6 Å². The van der Waals surface area contributed by atoms with E-state index in [4.69, 9.17) is 13.8 Å².